The number of hydrogen-bond acceptors (Lipinski definition) is 7. The fourth-order valence-electron chi connectivity index (χ4n) is 2.70. The number of hydrogen-bond donors (Lipinski definition) is 4. The zero-order valence-corrected chi connectivity index (χ0v) is 17.7. The van der Waals surface area contributed by atoms with Crippen molar-refractivity contribution in [3.05, 3.63) is 70.1 Å². The van der Waals surface area contributed by atoms with Crippen LogP contribution in [-0.2, 0) is 27.4 Å². The van der Waals surface area contributed by atoms with Crippen LogP contribution in [0.25, 0.3) is 10.4 Å². The molecule has 0 spiro atoms. The minimum atomic E-state index is -1.48. The first-order valence-corrected chi connectivity index (χ1v) is 9.70. The van der Waals surface area contributed by atoms with E-state index >= 15 is 0 Å². The third-order valence-corrected chi connectivity index (χ3v) is 4.45. The lowest BCUT2D eigenvalue weighted by Gasteiger charge is -2.21. The predicted molar refractivity (Wildman–Crippen MR) is 115 cm³/mol. The molecule has 2 aromatic carbocycles. The van der Waals surface area contributed by atoms with Gasteiger partial charge in [0.1, 0.15) is 30.2 Å². The number of nitrogens with zero attached hydrogens (tertiary/aromatic N) is 3. The molecule has 33 heavy (non-hydrogen) atoms. The van der Waals surface area contributed by atoms with Crippen LogP contribution in [0, 0.1) is 0 Å². The molecule has 2 rings (SSSR count). The molecule has 0 aliphatic rings. The maximum Gasteiger partial charge on any atom is 0.408 e. The highest BCUT2D eigenvalue weighted by Gasteiger charge is 2.26. The SMILES string of the molecule is COc1ccc(COC(=O)N[C@@H](Cc2ccc(O)cc2)C(=O)N[C@@H](CO)C(=O)N=[N+]=[N-])cc1. The summed E-state index contributed by atoms with van der Waals surface area (Å²) in [4.78, 5) is 39.1. The van der Waals surface area contributed by atoms with E-state index in [1.54, 1.807) is 36.4 Å². The van der Waals surface area contributed by atoms with Gasteiger partial charge in [-0.15, -0.1) is 0 Å². The van der Waals surface area contributed by atoms with Crippen molar-refractivity contribution in [1.29, 1.82) is 0 Å². The largest absolute Gasteiger partial charge is 0.508 e. The van der Waals surface area contributed by atoms with E-state index in [0.29, 0.717) is 16.9 Å². The van der Waals surface area contributed by atoms with Crippen molar-refractivity contribution >= 4 is 17.9 Å². The number of methoxy groups -OCH3 is 1. The highest BCUT2D eigenvalue weighted by molar-refractivity contribution is 5.91. The number of azide groups is 1. The Morgan fingerprint density at radius 3 is 2.24 bits per heavy atom. The molecule has 0 heterocycles. The van der Waals surface area contributed by atoms with Gasteiger partial charge >= 0.3 is 6.09 Å². The number of benzene rings is 2. The molecular weight excluding hydrogens is 434 g/mol. The van der Waals surface area contributed by atoms with E-state index in [1.807, 2.05) is 0 Å². The van der Waals surface area contributed by atoms with Crippen molar-refractivity contribution in [2.75, 3.05) is 13.7 Å². The molecule has 12 heteroatoms. The number of aliphatic hydroxyl groups excluding tert-OH is 1. The van der Waals surface area contributed by atoms with E-state index in [9.17, 15) is 24.6 Å². The van der Waals surface area contributed by atoms with Crippen LogP contribution >= 0.6 is 0 Å². The number of nitrogens with one attached hydrogen (secondary N) is 2. The van der Waals surface area contributed by atoms with Crippen LogP contribution in [0.5, 0.6) is 11.5 Å². The normalized spacial score (nSPS) is 11.9. The molecule has 0 bridgehead atoms. The highest BCUT2D eigenvalue weighted by Crippen LogP contribution is 2.13. The smallest absolute Gasteiger partial charge is 0.408 e. The molecule has 0 radical (unpaired) electrons. The number of phenolic OH excluding ortho intramolecular Hbond substituents is 1. The summed E-state index contributed by atoms with van der Waals surface area (Å²) in [6.07, 6.45) is -0.913. The summed E-state index contributed by atoms with van der Waals surface area (Å²) in [5.74, 6) is -1.24. The number of carbonyl (C=O) groups excluding carboxylic acids is 3. The van der Waals surface area contributed by atoms with Crippen LogP contribution in [0.3, 0.4) is 0 Å². The quantitative estimate of drug-likeness (QED) is 0.237. The van der Waals surface area contributed by atoms with Gasteiger partial charge in [0.2, 0.25) is 11.8 Å². The molecule has 3 amide bonds. The lowest BCUT2D eigenvalue weighted by Crippen LogP contribution is -2.53. The fraction of sp³-hybridized carbons (Fsp3) is 0.286. The molecule has 0 aliphatic carbocycles. The van der Waals surface area contributed by atoms with E-state index in [1.165, 1.54) is 19.2 Å². The lowest BCUT2D eigenvalue weighted by molar-refractivity contribution is -0.129. The Bertz CT molecular complexity index is 1000. The number of alkyl carbamates (subject to hydrolysis) is 1. The van der Waals surface area contributed by atoms with Crippen molar-refractivity contribution < 1.29 is 34.1 Å². The Morgan fingerprint density at radius 1 is 1.03 bits per heavy atom. The van der Waals surface area contributed by atoms with E-state index in [0.717, 1.165) is 0 Å². The van der Waals surface area contributed by atoms with Crippen molar-refractivity contribution in [3.63, 3.8) is 0 Å². The average Bonchev–Trinajstić information content (AvgIpc) is 2.82. The second-order valence-corrected chi connectivity index (χ2v) is 6.76. The number of carbonyl (C=O) groups is 3. The Labute approximate surface area is 188 Å². The second kappa shape index (κ2) is 12.5. The number of aromatic hydroxyl groups is 1. The van der Waals surface area contributed by atoms with E-state index in [2.05, 4.69) is 20.7 Å². The Morgan fingerprint density at radius 2 is 1.67 bits per heavy atom. The van der Waals surface area contributed by atoms with Gasteiger partial charge < -0.3 is 30.3 Å². The Balaban J connectivity index is 2.08. The first-order valence-electron chi connectivity index (χ1n) is 9.70. The average molecular weight is 457 g/mol. The third-order valence-electron chi connectivity index (χ3n) is 4.45. The topological polar surface area (TPSA) is 183 Å². The molecule has 12 nitrogen and oxygen atoms in total. The predicted octanol–water partition coefficient (Wildman–Crippen LogP) is 1.55. The van der Waals surface area contributed by atoms with E-state index < -0.39 is 36.6 Å². The lowest BCUT2D eigenvalue weighted by atomic mass is 10.0. The highest BCUT2D eigenvalue weighted by atomic mass is 16.5. The molecule has 0 unspecified atom stereocenters. The molecule has 0 aromatic heterocycles. The van der Waals surface area contributed by atoms with Crippen molar-refractivity contribution in [2.45, 2.75) is 25.1 Å². The van der Waals surface area contributed by atoms with Gasteiger partial charge in [-0.3, -0.25) is 9.59 Å². The number of amides is 3. The van der Waals surface area contributed by atoms with Crippen molar-refractivity contribution in [2.24, 2.45) is 5.11 Å². The zero-order valence-electron chi connectivity index (χ0n) is 17.7. The second-order valence-electron chi connectivity index (χ2n) is 6.76. The van der Waals surface area contributed by atoms with Crippen LogP contribution in [0.2, 0.25) is 0 Å². The number of ether oxygens (including phenoxy) is 2. The first-order chi connectivity index (χ1) is 15.9. The maximum atomic E-state index is 12.7. The van der Waals surface area contributed by atoms with Gasteiger partial charge in [0.05, 0.1) is 13.7 Å². The maximum absolute atomic E-state index is 12.7. The van der Waals surface area contributed by atoms with Gasteiger partial charge in [-0.1, -0.05) is 24.3 Å². The molecule has 0 aliphatic heterocycles. The monoisotopic (exact) mass is 457 g/mol. The van der Waals surface area contributed by atoms with Gasteiger partial charge in [-0.25, -0.2) is 4.79 Å². The van der Waals surface area contributed by atoms with Crippen molar-refractivity contribution in [1.82, 2.24) is 10.6 Å². The number of rotatable bonds is 10. The van der Waals surface area contributed by atoms with Crippen molar-refractivity contribution in [3.8, 4) is 11.5 Å². The Kier molecular flexibility index (Phi) is 9.50. The standard InChI is InChI=1S/C21H23N5O7/c1-32-16-8-4-14(5-9-16)12-33-21(31)24-17(10-13-2-6-15(28)7-3-13)19(29)23-18(11-27)20(30)25-26-22/h2-9,17-18,27-28H,10-12H2,1H3,(H,23,29)(H,24,31)/t17-,18-/m0/s1. The number of aliphatic hydroxyl groups is 1. The summed E-state index contributed by atoms with van der Waals surface area (Å²) in [6, 6.07) is 10.1. The number of phenols is 1. The summed E-state index contributed by atoms with van der Waals surface area (Å²) >= 11 is 0. The van der Waals surface area contributed by atoms with Gasteiger partial charge in [0, 0.05) is 11.3 Å². The van der Waals surface area contributed by atoms with Gasteiger partial charge in [-0.05, 0) is 46.0 Å². The third kappa shape index (κ3) is 8.05. The Hall–Kier alpha value is -4.28. The van der Waals surface area contributed by atoms with Crippen LogP contribution < -0.4 is 15.4 Å². The van der Waals surface area contributed by atoms with Crippen LogP contribution in [-0.4, -0.2) is 53.9 Å². The summed E-state index contributed by atoms with van der Waals surface area (Å²) < 4.78 is 10.2. The van der Waals surface area contributed by atoms with Gasteiger partial charge in [-0.2, -0.15) is 0 Å². The molecule has 4 N–H and O–H groups in total. The van der Waals surface area contributed by atoms with E-state index in [-0.39, 0.29) is 18.8 Å². The molecule has 0 saturated carbocycles. The summed E-state index contributed by atoms with van der Waals surface area (Å²) in [7, 11) is 1.53. The van der Waals surface area contributed by atoms with Gasteiger partial charge in [0.15, 0.2) is 0 Å². The molecule has 2 atom stereocenters. The minimum Gasteiger partial charge on any atom is -0.508 e. The molecule has 0 saturated heterocycles. The molecular formula is C21H23N5O7. The molecule has 174 valence electrons. The minimum absolute atomic E-state index is 0.0163. The molecule has 0 fully saturated rings. The van der Waals surface area contributed by atoms with Crippen LogP contribution in [0.1, 0.15) is 11.1 Å². The fourth-order valence-corrected chi connectivity index (χ4v) is 2.70. The summed E-state index contributed by atoms with van der Waals surface area (Å²) in [6.45, 7) is -0.880. The van der Waals surface area contributed by atoms with Crippen LogP contribution in [0.15, 0.2) is 53.6 Å². The first kappa shape index (κ1) is 25.0. The van der Waals surface area contributed by atoms with Crippen LogP contribution in [0.4, 0.5) is 4.79 Å². The summed E-state index contributed by atoms with van der Waals surface area (Å²) in [5.41, 5.74) is 9.66. The zero-order chi connectivity index (χ0) is 24.2. The van der Waals surface area contributed by atoms with E-state index in [4.69, 9.17) is 15.0 Å². The molecule has 2 aromatic rings. The van der Waals surface area contributed by atoms with Gasteiger partial charge in [0.25, 0.3) is 0 Å². The summed E-state index contributed by atoms with van der Waals surface area (Å²) in [5, 5.41) is 26.3.